The van der Waals surface area contributed by atoms with Crippen molar-refractivity contribution < 1.29 is 22.9 Å². The molecule has 1 fully saturated rings. The molecule has 0 saturated carbocycles. The Morgan fingerprint density at radius 2 is 1.64 bits per heavy atom. The number of quaternary nitrogens is 1. The summed E-state index contributed by atoms with van der Waals surface area (Å²) in [6, 6.07) is 11.8. The van der Waals surface area contributed by atoms with E-state index in [0.29, 0.717) is 0 Å². The first-order valence-electron chi connectivity index (χ1n) is 9.43. The van der Waals surface area contributed by atoms with E-state index in [9.17, 15) is 18.0 Å². The van der Waals surface area contributed by atoms with Gasteiger partial charge in [-0.2, -0.15) is 13.2 Å². The molecule has 2 aromatic carbocycles. The fraction of sp³-hybridized carbons (Fsp3) is 0.381. The summed E-state index contributed by atoms with van der Waals surface area (Å²) in [7, 11) is 0. The van der Waals surface area contributed by atoms with Crippen molar-refractivity contribution in [3.63, 3.8) is 0 Å². The Kier molecular flexibility index (Phi) is 6.62. The number of carbonyl (C=O) groups is 1. The highest BCUT2D eigenvalue weighted by molar-refractivity contribution is 6.33. The average molecular weight is 412 g/mol. The smallest absolute Gasteiger partial charge is 0.321 e. The standard InChI is InChI=1S/C21H22ClF3N2O/c22-17-11-10-16(21(23,24)25)14-18(17)26-20(28)19(15-8-4-3-5-9-15)27-12-6-1-2-7-13-27/h3-5,8-11,14,19H,1-2,6-7,12-13H2,(H,26,28)/p+1/t19-/m0/s1. The van der Waals surface area contributed by atoms with Gasteiger partial charge in [0, 0.05) is 5.56 Å². The zero-order chi connectivity index (χ0) is 20.1. The SMILES string of the molecule is O=C(Nc1cc(C(F)(F)F)ccc1Cl)[C@H](c1ccccc1)[NH+]1CCCCCC1. The van der Waals surface area contributed by atoms with Crippen LogP contribution < -0.4 is 10.2 Å². The predicted octanol–water partition coefficient (Wildman–Crippen LogP) is 4.50. The monoisotopic (exact) mass is 411 g/mol. The van der Waals surface area contributed by atoms with Crippen LogP contribution in [-0.4, -0.2) is 19.0 Å². The number of benzene rings is 2. The van der Waals surface area contributed by atoms with Gasteiger partial charge >= 0.3 is 6.18 Å². The number of rotatable bonds is 4. The first kappa shape index (κ1) is 20.7. The Morgan fingerprint density at radius 3 is 2.25 bits per heavy atom. The largest absolute Gasteiger partial charge is 0.416 e. The van der Waals surface area contributed by atoms with Gasteiger partial charge in [-0.15, -0.1) is 0 Å². The van der Waals surface area contributed by atoms with Crippen LogP contribution in [0.3, 0.4) is 0 Å². The van der Waals surface area contributed by atoms with Gasteiger partial charge < -0.3 is 10.2 Å². The van der Waals surface area contributed by atoms with Crippen molar-refractivity contribution in [1.29, 1.82) is 0 Å². The third-order valence-electron chi connectivity index (χ3n) is 5.10. The number of anilines is 1. The number of alkyl halides is 3. The van der Waals surface area contributed by atoms with E-state index in [1.165, 1.54) is 0 Å². The Labute approximate surface area is 167 Å². The molecule has 3 rings (SSSR count). The summed E-state index contributed by atoms with van der Waals surface area (Å²) in [5.41, 5.74) is -0.0118. The van der Waals surface area contributed by atoms with Crippen LogP contribution in [-0.2, 0) is 11.0 Å². The Bertz CT molecular complexity index is 803. The third-order valence-corrected chi connectivity index (χ3v) is 5.43. The van der Waals surface area contributed by atoms with E-state index in [-0.39, 0.29) is 16.6 Å². The molecule has 1 aliphatic rings. The molecule has 2 aromatic rings. The van der Waals surface area contributed by atoms with E-state index in [2.05, 4.69) is 5.32 Å². The molecule has 2 N–H and O–H groups in total. The molecule has 0 bridgehead atoms. The van der Waals surface area contributed by atoms with Crippen LogP contribution in [0.5, 0.6) is 0 Å². The van der Waals surface area contributed by atoms with E-state index in [4.69, 9.17) is 11.6 Å². The number of hydrogen-bond acceptors (Lipinski definition) is 1. The molecule has 0 unspecified atom stereocenters. The number of likely N-dealkylation sites (tertiary alicyclic amines) is 1. The predicted molar refractivity (Wildman–Crippen MR) is 103 cm³/mol. The highest BCUT2D eigenvalue weighted by Gasteiger charge is 2.34. The molecule has 150 valence electrons. The topological polar surface area (TPSA) is 33.5 Å². The van der Waals surface area contributed by atoms with Crippen molar-refractivity contribution >= 4 is 23.2 Å². The highest BCUT2D eigenvalue weighted by atomic mass is 35.5. The molecule has 0 aliphatic carbocycles. The number of amides is 1. The van der Waals surface area contributed by atoms with Crippen LogP contribution in [0, 0.1) is 0 Å². The Morgan fingerprint density at radius 1 is 1.00 bits per heavy atom. The van der Waals surface area contributed by atoms with Crippen molar-refractivity contribution in [3.8, 4) is 0 Å². The molecule has 1 aliphatic heterocycles. The highest BCUT2D eigenvalue weighted by Crippen LogP contribution is 2.34. The minimum absolute atomic E-state index is 0.0170. The Hall–Kier alpha value is -2.05. The van der Waals surface area contributed by atoms with Crippen molar-refractivity contribution in [1.82, 2.24) is 0 Å². The number of halogens is 4. The molecule has 1 amide bonds. The first-order chi connectivity index (χ1) is 13.4. The van der Waals surface area contributed by atoms with Gasteiger partial charge in [-0.25, -0.2) is 0 Å². The van der Waals surface area contributed by atoms with Gasteiger partial charge in [0.25, 0.3) is 5.91 Å². The molecule has 28 heavy (non-hydrogen) atoms. The first-order valence-corrected chi connectivity index (χ1v) is 9.81. The zero-order valence-corrected chi connectivity index (χ0v) is 16.1. The van der Waals surface area contributed by atoms with Crippen LogP contribution in [0.25, 0.3) is 0 Å². The summed E-state index contributed by atoms with van der Waals surface area (Å²) < 4.78 is 39.1. The van der Waals surface area contributed by atoms with Crippen LogP contribution in [0.1, 0.15) is 42.9 Å². The minimum Gasteiger partial charge on any atom is -0.321 e. The van der Waals surface area contributed by atoms with Crippen LogP contribution >= 0.6 is 11.6 Å². The van der Waals surface area contributed by atoms with Gasteiger partial charge in [-0.05, 0) is 43.9 Å². The zero-order valence-electron chi connectivity index (χ0n) is 15.4. The molecule has 0 spiro atoms. The summed E-state index contributed by atoms with van der Waals surface area (Å²) >= 11 is 6.06. The van der Waals surface area contributed by atoms with Crippen molar-refractivity contribution in [2.45, 2.75) is 37.9 Å². The molecular weight excluding hydrogens is 389 g/mol. The van der Waals surface area contributed by atoms with Crippen molar-refractivity contribution in [2.24, 2.45) is 0 Å². The maximum atomic E-state index is 13.2. The maximum Gasteiger partial charge on any atom is 0.416 e. The number of hydrogen-bond donors (Lipinski definition) is 2. The second kappa shape index (κ2) is 8.97. The van der Waals surface area contributed by atoms with Gasteiger partial charge in [-0.3, -0.25) is 4.79 Å². The van der Waals surface area contributed by atoms with Crippen molar-refractivity contribution in [2.75, 3.05) is 18.4 Å². The molecular formula is C21H23ClF3N2O+. The molecule has 0 radical (unpaired) electrons. The number of carbonyl (C=O) groups excluding carboxylic acids is 1. The van der Waals surface area contributed by atoms with E-state index in [1.807, 2.05) is 30.3 Å². The van der Waals surface area contributed by atoms with E-state index in [0.717, 1.165) is 67.4 Å². The quantitative estimate of drug-likeness (QED) is 0.763. The normalized spacial score (nSPS) is 17.0. The molecule has 1 saturated heterocycles. The fourth-order valence-corrected chi connectivity index (χ4v) is 3.86. The van der Waals surface area contributed by atoms with Gasteiger partial charge in [0.2, 0.25) is 0 Å². The lowest BCUT2D eigenvalue weighted by atomic mass is 10.0. The summed E-state index contributed by atoms with van der Waals surface area (Å²) in [6.07, 6.45) is -0.191. The molecule has 1 atom stereocenters. The van der Waals surface area contributed by atoms with Gasteiger partial charge in [-0.1, -0.05) is 41.9 Å². The lowest BCUT2D eigenvalue weighted by Crippen LogP contribution is -3.13. The van der Waals surface area contributed by atoms with E-state index < -0.39 is 17.8 Å². The molecule has 3 nitrogen and oxygen atoms in total. The summed E-state index contributed by atoms with van der Waals surface area (Å²) in [6.45, 7) is 1.70. The van der Waals surface area contributed by atoms with Crippen molar-refractivity contribution in [3.05, 3.63) is 64.7 Å². The van der Waals surface area contributed by atoms with Crippen LogP contribution in [0.4, 0.5) is 18.9 Å². The summed E-state index contributed by atoms with van der Waals surface area (Å²) in [5.74, 6) is -0.343. The maximum absolute atomic E-state index is 13.2. The minimum atomic E-state index is -4.50. The molecule has 0 aromatic heterocycles. The third kappa shape index (κ3) is 5.06. The molecule has 1 heterocycles. The second-order valence-corrected chi connectivity index (χ2v) is 7.50. The van der Waals surface area contributed by atoms with E-state index in [1.54, 1.807) is 0 Å². The average Bonchev–Trinajstić information content (AvgIpc) is 2.93. The summed E-state index contributed by atoms with van der Waals surface area (Å²) in [4.78, 5) is 14.3. The van der Waals surface area contributed by atoms with Gasteiger partial charge in [0.15, 0.2) is 6.04 Å². The van der Waals surface area contributed by atoms with Gasteiger partial charge in [0.05, 0.1) is 29.4 Å². The lowest BCUT2D eigenvalue weighted by molar-refractivity contribution is -0.921. The fourth-order valence-electron chi connectivity index (χ4n) is 3.69. The number of nitrogens with one attached hydrogen (secondary N) is 2. The van der Waals surface area contributed by atoms with Crippen LogP contribution in [0.2, 0.25) is 5.02 Å². The second-order valence-electron chi connectivity index (χ2n) is 7.10. The van der Waals surface area contributed by atoms with E-state index >= 15 is 0 Å². The summed E-state index contributed by atoms with van der Waals surface area (Å²) in [5, 5.41) is 2.73. The van der Waals surface area contributed by atoms with Gasteiger partial charge in [0.1, 0.15) is 0 Å². The Balaban J connectivity index is 1.90. The molecule has 7 heteroatoms. The van der Waals surface area contributed by atoms with Crippen LogP contribution in [0.15, 0.2) is 48.5 Å². The lowest BCUT2D eigenvalue weighted by Gasteiger charge is -2.27.